The summed E-state index contributed by atoms with van der Waals surface area (Å²) in [6.45, 7) is 2.71. The molecule has 0 radical (unpaired) electrons. The van der Waals surface area contributed by atoms with Crippen LogP contribution in [0.15, 0.2) is 42.5 Å². The van der Waals surface area contributed by atoms with Crippen molar-refractivity contribution in [2.24, 2.45) is 0 Å². The molecule has 2 heterocycles. The molecule has 1 aromatic carbocycles. The first-order valence-electron chi connectivity index (χ1n) is 7.75. The Morgan fingerprint density at radius 3 is 2.71 bits per heavy atom. The van der Waals surface area contributed by atoms with Crippen molar-refractivity contribution in [3.8, 4) is 5.88 Å². The monoisotopic (exact) mass is 366 g/mol. The maximum atomic E-state index is 12.6. The lowest BCUT2D eigenvalue weighted by Gasteiger charge is -2.17. The Kier molecular flexibility index (Phi) is 5.08. The van der Waals surface area contributed by atoms with E-state index in [1.807, 2.05) is 19.1 Å². The van der Waals surface area contributed by atoms with Gasteiger partial charge in [0.05, 0.1) is 12.3 Å². The highest BCUT2D eigenvalue weighted by atomic mass is 35.5. The van der Waals surface area contributed by atoms with Crippen LogP contribution in [0.5, 0.6) is 5.88 Å². The third kappa shape index (κ3) is 4.26. The van der Waals surface area contributed by atoms with Crippen molar-refractivity contribution in [2.75, 3.05) is 13.1 Å². The van der Waals surface area contributed by atoms with E-state index in [-0.39, 0.29) is 11.9 Å². The quantitative estimate of drug-likeness (QED) is 0.816. The molecule has 1 unspecified atom stereocenters. The number of hydrogen-bond donors (Lipinski definition) is 0. The van der Waals surface area contributed by atoms with Gasteiger partial charge in [-0.2, -0.15) is 4.31 Å². The number of halogens is 1. The zero-order valence-corrected chi connectivity index (χ0v) is 14.9. The molecule has 3 rings (SSSR count). The van der Waals surface area contributed by atoms with Crippen LogP contribution in [0, 0.1) is 6.92 Å². The summed E-state index contributed by atoms with van der Waals surface area (Å²) in [6.07, 6.45) is 0.495. The van der Waals surface area contributed by atoms with Gasteiger partial charge in [0.2, 0.25) is 15.9 Å². The summed E-state index contributed by atoms with van der Waals surface area (Å²) in [4.78, 5) is 4.30. The van der Waals surface area contributed by atoms with Crippen LogP contribution in [-0.2, 0) is 15.8 Å². The lowest BCUT2D eigenvalue weighted by molar-refractivity contribution is 0.206. The minimum Gasteiger partial charge on any atom is -0.473 e. The molecule has 0 N–H and O–H groups in total. The minimum atomic E-state index is -3.37. The van der Waals surface area contributed by atoms with Crippen LogP contribution in [0.25, 0.3) is 0 Å². The summed E-state index contributed by atoms with van der Waals surface area (Å²) in [7, 11) is -3.37. The molecule has 1 aromatic heterocycles. The molecule has 1 aliphatic heterocycles. The molecule has 0 amide bonds. The average Bonchev–Trinajstić information content (AvgIpc) is 2.99. The minimum absolute atomic E-state index is 0.0282. The third-order valence-corrected chi connectivity index (χ3v) is 5.98. The van der Waals surface area contributed by atoms with Crippen LogP contribution in [0.3, 0.4) is 0 Å². The molecule has 24 heavy (non-hydrogen) atoms. The largest absolute Gasteiger partial charge is 0.473 e. The molecule has 5 nitrogen and oxygen atoms in total. The fraction of sp³-hybridized carbons (Fsp3) is 0.353. The Labute approximate surface area is 147 Å². The highest BCUT2D eigenvalue weighted by Crippen LogP contribution is 2.22. The molecular weight excluding hydrogens is 348 g/mol. The Morgan fingerprint density at radius 2 is 2.00 bits per heavy atom. The molecule has 0 bridgehead atoms. The van der Waals surface area contributed by atoms with Gasteiger partial charge in [-0.05, 0) is 37.1 Å². The van der Waals surface area contributed by atoms with Crippen LogP contribution < -0.4 is 4.74 Å². The SMILES string of the molecule is Cc1cccc(OC2CCN(S(=O)(=O)Cc3ccc(Cl)cc3)C2)n1. The van der Waals surface area contributed by atoms with Crippen LogP contribution >= 0.6 is 11.6 Å². The molecule has 1 atom stereocenters. The Balaban J connectivity index is 1.62. The fourth-order valence-electron chi connectivity index (χ4n) is 2.68. The second kappa shape index (κ2) is 7.09. The Hall–Kier alpha value is -1.63. The molecule has 1 saturated heterocycles. The number of aromatic nitrogens is 1. The first-order valence-corrected chi connectivity index (χ1v) is 9.74. The number of rotatable bonds is 5. The van der Waals surface area contributed by atoms with Crippen molar-refractivity contribution in [1.82, 2.24) is 9.29 Å². The molecule has 0 saturated carbocycles. The molecule has 7 heteroatoms. The summed E-state index contributed by atoms with van der Waals surface area (Å²) in [5, 5.41) is 0.594. The maximum absolute atomic E-state index is 12.6. The van der Waals surface area contributed by atoms with Gasteiger partial charge in [-0.15, -0.1) is 0 Å². The average molecular weight is 367 g/mol. The highest BCUT2D eigenvalue weighted by Gasteiger charge is 2.32. The van der Waals surface area contributed by atoms with Gasteiger partial charge in [-0.1, -0.05) is 29.8 Å². The third-order valence-electron chi connectivity index (χ3n) is 3.91. The number of nitrogens with zero attached hydrogens (tertiary/aromatic N) is 2. The van der Waals surface area contributed by atoms with Gasteiger partial charge in [0, 0.05) is 23.3 Å². The second-order valence-corrected chi connectivity index (χ2v) is 8.29. The molecule has 2 aromatic rings. The standard InChI is InChI=1S/C17H19ClN2O3S/c1-13-3-2-4-17(19-13)23-16-9-10-20(11-16)24(21,22)12-14-5-7-15(18)8-6-14/h2-8,16H,9-12H2,1H3. The van der Waals surface area contributed by atoms with E-state index in [4.69, 9.17) is 16.3 Å². The smallest absolute Gasteiger partial charge is 0.218 e. The van der Waals surface area contributed by atoms with Gasteiger partial charge in [-0.3, -0.25) is 0 Å². The van der Waals surface area contributed by atoms with E-state index in [1.54, 1.807) is 30.3 Å². The van der Waals surface area contributed by atoms with E-state index in [1.165, 1.54) is 4.31 Å². The van der Waals surface area contributed by atoms with Gasteiger partial charge in [-0.25, -0.2) is 13.4 Å². The van der Waals surface area contributed by atoms with Crippen molar-refractivity contribution in [1.29, 1.82) is 0 Å². The first kappa shape index (κ1) is 17.2. The molecular formula is C17H19ClN2O3S. The predicted octanol–water partition coefficient (Wildman–Crippen LogP) is 3.03. The van der Waals surface area contributed by atoms with E-state index < -0.39 is 10.0 Å². The molecule has 1 fully saturated rings. The molecule has 128 valence electrons. The van der Waals surface area contributed by atoms with Crippen LogP contribution in [0.1, 0.15) is 17.7 Å². The summed E-state index contributed by atoms with van der Waals surface area (Å²) < 4.78 is 32.4. The summed E-state index contributed by atoms with van der Waals surface area (Å²) >= 11 is 5.83. The number of benzene rings is 1. The zero-order chi connectivity index (χ0) is 17.2. The van der Waals surface area contributed by atoms with E-state index in [9.17, 15) is 8.42 Å². The van der Waals surface area contributed by atoms with Crippen molar-refractivity contribution in [2.45, 2.75) is 25.2 Å². The summed E-state index contributed by atoms with van der Waals surface area (Å²) in [5.41, 5.74) is 1.60. The number of sulfonamides is 1. The van der Waals surface area contributed by atoms with Crippen LogP contribution in [0.2, 0.25) is 5.02 Å². The maximum Gasteiger partial charge on any atom is 0.218 e. The topological polar surface area (TPSA) is 59.5 Å². The number of pyridine rings is 1. The lowest BCUT2D eigenvalue weighted by atomic mass is 10.2. The number of hydrogen-bond acceptors (Lipinski definition) is 4. The molecule has 0 spiro atoms. The number of ether oxygens (including phenoxy) is 1. The summed E-state index contributed by atoms with van der Waals surface area (Å²) in [6, 6.07) is 12.4. The van der Waals surface area contributed by atoms with Crippen molar-refractivity contribution < 1.29 is 13.2 Å². The van der Waals surface area contributed by atoms with Gasteiger partial charge < -0.3 is 4.74 Å². The summed E-state index contributed by atoms with van der Waals surface area (Å²) in [5.74, 6) is 0.511. The van der Waals surface area contributed by atoms with Crippen molar-refractivity contribution >= 4 is 21.6 Å². The fourth-order valence-corrected chi connectivity index (χ4v) is 4.38. The van der Waals surface area contributed by atoms with Crippen LogP contribution in [0.4, 0.5) is 0 Å². The van der Waals surface area contributed by atoms with Crippen molar-refractivity contribution in [3.63, 3.8) is 0 Å². The van der Waals surface area contributed by atoms with Crippen molar-refractivity contribution in [3.05, 3.63) is 58.7 Å². The van der Waals surface area contributed by atoms with Gasteiger partial charge in [0.1, 0.15) is 6.10 Å². The Morgan fingerprint density at radius 1 is 1.25 bits per heavy atom. The second-order valence-electron chi connectivity index (χ2n) is 5.89. The Bertz CT molecular complexity index is 809. The normalized spacial score (nSPS) is 18.7. The van der Waals surface area contributed by atoms with Gasteiger partial charge >= 0.3 is 0 Å². The predicted molar refractivity (Wildman–Crippen MR) is 93.7 cm³/mol. The lowest BCUT2D eigenvalue weighted by Crippen LogP contribution is -2.32. The van der Waals surface area contributed by atoms with E-state index in [0.29, 0.717) is 30.4 Å². The number of aryl methyl sites for hydroxylation is 1. The van der Waals surface area contributed by atoms with Gasteiger partial charge in [0.15, 0.2) is 0 Å². The van der Waals surface area contributed by atoms with Crippen LogP contribution in [-0.4, -0.2) is 36.9 Å². The zero-order valence-electron chi connectivity index (χ0n) is 13.4. The molecule has 1 aliphatic rings. The highest BCUT2D eigenvalue weighted by molar-refractivity contribution is 7.88. The van der Waals surface area contributed by atoms with Gasteiger partial charge in [0.25, 0.3) is 0 Å². The first-order chi connectivity index (χ1) is 11.4. The van der Waals surface area contributed by atoms with E-state index in [2.05, 4.69) is 4.98 Å². The van der Waals surface area contributed by atoms with E-state index >= 15 is 0 Å². The van der Waals surface area contributed by atoms with E-state index in [0.717, 1.165) is 11.3 Å². The molecule has 0 aliphatic carbocycles.